The van der Waals surface area contributed by atoms with Crippen LogP contribution >= 0.6 is 0 Å². The standard InChI is InChI=1S/C12H15NO/c13-9-5-11-14-10-4-8-12-6-2-1-3-7-12/h1-3,6-7H,4-5,8,10-11H2. The molecule has 1 aromatic carbocycles. The van der Waals surface area contributed by atoms with Crippen molar-refractivity contribution < 1.29 is 4.74 Å². The molecule has 14 heavy (non-hydrogen) atoms. The molecule has 0 aromatic heterocycles. The monoisotopic (exact) mass is 189 g/mol. The highest BCUT2D eigenvalue weighted by Crippen LogP contribution is 2.02. The van der Waals surface area contributed by atoms with Crippen molar-refractivity contribution in [3.63, 3.8) is 0 Å². The van der Waals surface area contributed by atoms with Crippen LogP contribution in [0.5, 0.6) is 0 Å². The van der Waals surface area contributed by atoms with E-state index in [0.717, 1.165) is 19.4 Å². The van der Waals surface area contributed by atoms with E-state index in [0.29, 0.717) is 13.0 Å². The van der Waals surface area contributed by atoms with E-state index in [9.17, 15) is 0 Å². The van der Waals surface area contributed by atoms with Crippen molar-refractivity contribution in [2.75, 3.05) is 13.2 Å². The number of hydrogen-bond donors (Lipinski definition) is 0. The van der Waals surface area contributed by atoms with Crippen LogP contribution in [0.1, 0.15) is 18.4 Å². The number of aryl methyl sites for hydroxylation is 1. The third-order valence-electron chi connectivity index (χ3n) is 1.96. The molecule has 0 amide bonds. The van der Waals surface area contributed by atoms with Crippen LogP contribution in [0, 0.1) is 11.3 Å². The van der Waals surface area contributed by atoms with Gasteiger partial charge in [-0.3, -0.25) is 0 Å². The van der Waals surface area contributed by atoms with Crippen LogP contribution in [-0.4, -0.2) is 13.2 Å². The molecule has 74 valence electrons. The molecule has 0 aliphatic heterocycles. The molecular weight excluding hydrogens is 174 g/mol. The van der Waals surface area contributed by atoms with E-state index in [1.165, 1.54) is 5.56 Å². The summed E-state index contributed by atoms with van der Waals surface area (Å²) in [7, 11) is 0. The van der Waals surface area contributed by atoms with E-state index in [4.69, 9.17) is 10.00 Å². The number of ether oxygens (including phenoxy) is 1. The largest absolute Gasteiger partial charge is 0.380 e. The summed E-state index contributed by atoms with van der Waals surface area (Å²) in [6.45, 7) is 1.31. The highest BCUT2D eigenvalue weighted by atomic mass is 16.5. The molecule has 0 atom stereocenters. The van der Waals surface area contributed by atoms with Gasteiger partial charge in [-0.15, -0.1) is 0 Å². The van der Waals surface area contributed by atoms with Gasteiger partial charge in [0.25, 0.3) is 0 Å². The second kappa shape index (κ2) is 7.11. The van der Waals surface area contributed by atoms with E-state index >= 15 is 0 Å². The highest BCUT2D eigenvalue weighted by Gasteiger charge is 1.92. The number of nitriles is 1. The molecule has 0 heterocycles. The van der Waals surface area contributed by atoms with Gasteiger partial charge in [0, 0.05) is 6.61 Å². The molecule has 0 radical (unpaired) electrons. The normalized spacial score (nSPS) is 9.64. The molecule has 0 aliphatic rings. The fourth-order valence-corrected chi connectivity index (χ4v) is 1.24. The summed E-state index contributed by atoms with van der Waals surface area (Å²) in [5.41, 5.74) is 1.34. The van der Waals surface area contributed by atoms with Gasteiger partial charge in [0.1, 0.15) is 0 Å². The van der Waals surface area contributed by atoms with Gasteiger partial charge in [0.05, 0.1) is 19.1 Å². The molecule has 2 heteroatoms. The molecule has 0 N–H and O–H groups in total. The van der Waals surface area contributed by atoms with Crippen LogP contribution in [0.4, 0.5) is 0 Å². The number of nitrogens with zero attached hydrogens (tertiary/aromatic N) is 1. The van der Waals surface area contributed by atoms with E-state index in [-0.39, 0.29) is 0 Å². The van der Waals surface area contributed by atoms with Crippen molar-refractivity contribution in [3.05, 3.63) is 35.9 Å². The Kier molecular flexibility index (Phi) is 5.46. The average molecular weight is 189 g/mol. The number of rotatable bonds is 6. The third kappa shape index (κ3) is 4.64. The minimum Gasteiger partial charge on any atom is -0.380 e. The first-order valence-corrected chi connectivity index (χ1v) is 4.92. The van der Waals surface area contributed by atoms with Gasteiger partial charge in [0.2, 0.25) is 0 Å². The Morgan fingerprint density at radius 1 is 1.14 bits per heavy atom. The lowest BCUT2D eigenvalue weighted by atomic mass is 10.1. The summed E-state index contributed by atoms with van der Waals surface area (Å²) in [5, 5.41) is 8.27. The average Bonchev–Trinajstić information content (AvgIpc) is 2.25. The summed E-state index contributed by atoms with van der Waals surface area (Å²) in [6.07, 6.45) is 2.56. The summed E-state index contributed by atoms with van der Waals surface area (Å²) in [5.74, 6) is 0. The SMILES string of the molecule is N#CCCOCCCc1ccccc1. The van der Waals surface area contributed by atoms with Gasteiger partial charge in [-0.2, -0.15) is 5.26 Å². The highest BCUT2D eigenvalue weighted by molar-refractivity contribution is 5.14. The maximum Gasteiger partial charge on any atom is 0.0645 e. The van der Waals surface area contributed by atoms with Gasteiger partial charge in [0.15, 0.2) is 0 Å². The van der Waals surface area contributed by atoms with Gasteiger partial charge < -0.3 is 4.74 Å². The van der Waals surface area contributed by atoms with Crippen molar-refractivity contribution >= 4 is 0 Å². The first kappa shape index (κ1) is 10.7. The maximum atomic E-state index is 8.27. The molecule has 0 unspecified atom stereocenters. The first-order chi connectivity index (χ1) is 6.93. The number of hydrogen-bond acceptors (Lipinski definition) is 2. The van der Waals surface area contributed by atoms with Crippen molar-refractivity contribution in [1.82, 2.24) is 0 Å². The van der Waals surface area contributed by atoms with Crippen LogP contribution < -0.4 is 0 Å². The molecule has 1 rings (SSSR count). The second-order valence-corrected chi connectivity index (χ2v) is 3.11. The zero-order chi connectivity index (χ0) is 10.1. The van der Waals surface area contributed by atoms with Gasteiger partial charge in [-0.1, -0.05) is 30.3 Å². The molecular formula is C12H15NO. The van der Waals surface area contributed by atoms with Gasteiger partial charge >= 0.3 is 0 Å². The zero-order valence-corrected chi connectivity index (χ0v) is 8.28. The van der Waals surface area contributed by atoms with E-state index in [1.807, 2.05) is 18.2 Å². The lowest BCUT2D eigenvalue weighted by Crippen LogP contribution is -1.97. The van der Waals surface area contributed by atoms with Crippen molar-refractivity contribution in [2.45, 2.75) is 19.3 Å². The summed E-state index contributed by atoms with van der Waals surface area (Å²) in [4.78, 5) is 0. The quantitative estimate of drug-likeness (QED) is 0.644. The molecule has 0 saturated heterocycles. The van der Waals surface area contributed by atoms with E-state index < -0.39 is 0 Å². The summed E-state index contributed by atoms with van der Waals surface area (Å²) < 4.78 is 5.27. The molecule has 1 aromatic rings. The predicted octanol–water partition coefficient (Wildman–Crippen LogP) is 2.55. The maximum absolute atomic E-state index is 8.27. The fourth-order valence-electron chi connectivity index (χ4n) is 1.24. The van der Waals surface area contributed by atoms with Crippen LogP contribution in [0.2, 0.25) is 0 Å². The van der Waals surface area contributed by atoms with Crippen LogP contribution in [0.15, 0.2) is 30.3 Å². The van der Waals surface area contributed by atoms with Crippen LogP contribution in [0.25, 0.3) is 0 Å². The summed E-state index contributed by atoms with van der Waals surface area (Å²) >= 11 is 0. The summed E-state index contributed by atoms with van der Waals surface area (Å²) in [6, 6.07) is 12.4. The van der Waals surface area contributed by atoms with Gasteiger partial charge in [-0.05, 0) is 18.4 Å². The Bertz CT molecular complexity index is 276. The zero-order valence-electron chi connectivity index (χ0n) is 8.28. The molecule has 0 spiro atoms. The third-order valence-corrected chi connectivity index (χ3v) is 1.96. The Balaban J connectivity index is 2.03. The van der Waals surface area contributed by atoms with Crippen LogP contribution in [-0.2, 0) is 11.2 Å². The Hall–Kier alpha value is -1.33. The molecule has 0 fully saturated rings. The van der Waals surface area contributed by atoms with Crippen molar-refractivity contribution in [3.8, 4) is 6.07 Å². The molecule has 0 bridgehead atoms. The topological polar surface area (TPSA) is 33.0 Å². The molecule has 0 saturated carbocycles. The first-order valence-electron chi connectivity index (χ1n) is 4.92. The minimum atomic E-state index is 0.491. The van der Waals surface area contributed by atoms with E-state index in [2.05, 4.69) is 18.2 Å². The number of benzene rings is 1. The lowest BCUT2D eigenvalue weighted by molar-refractivity contribution is 0.137. The second-order valence-electron chi connectivity index (χ2n) is 3.11. The minimum absolute atomic E-state index is 0.491. The van der Waals surface area contributed by atoms with E-state index in [1.54, 1.807) is 0 Å². The van der Waals surface area contributed by atoms with Gasteiger partial charge in [-0.25, -0.2) is 0 Å². The van der Waals surface area contributed by atoms with Crippen molar-refractivity contribution in [1.29, 1.82) is 5.26 Å². The Labute approximate surface area is 85.1 Å². The fraction of sp³-hybridized carbons (Fsp3) is 0.417. The van der Waals surface area contributed by atoms with Crippen molar-refractivity contribution in [2.24, 2.45) is 0 Å². The Morgan fingerprint density at radius 3 is 2.64 bits per heavy atom. The van der Waals surface area contributed by atoms with Crippen LogP contribution in [0.3, 0.4) is 0 Å². The Morgan fingerprint density at radius 2 is 1.93 bits per heavy atom. The molecule has 0 aliphatic carbocycles. The smallest absolute Gasteiger partial charge is 0.0645 e. The lowest BCUT2D eigenvalue weighted by Gasteiger charge is -2.01. The predicted molar refractivity (Wildman–Crippen MR) is 55.8 cm³/mol. The molecule has 2 nitrogen and oxygen atoms in total.